The molecule has 1 unspecified atom stereocenters. The molecule has 1 aromatic heterocycles. The van der Waals surface area contributed by atoms with E-state index in [-0.39, 0.29) is 6.04 Å². The molecule has 0 aliphatic heterocycles. The van der Waals surface area contributed by atoms with Gasteiger partial charge in [0.15, 0.2) is 0 Å². The summed E-state index contributed by atoms with van der Waals surface area (Å²) in [4.78, 5) is 0. The lowest BCUT2D eigenvalue weighted by Crippen LogP contribution is -2.18. The third-order valence-corrected chi connectivity index (χ3v) is 4.68. The Labute approximate surface area is 124 Å². The summed E-state index contributed by atoms with van der Waals surface area (Å²) in [5.41, 5.74) is 9.65. The van der Waals surface area contributed by atoms with E-state index < -0.39 is 0 Å². The average molecular weight is 373 g/mol. The molecule has 2 N–H and O–H groups in total. The highest BCUT2D eigenvalue weighted by Gasteiger charge is 2.20. The van der Waals surface area contributed by atoms with Gasteiger partial charge in [0.05, 0.1) is 22.4 Å². The molecule has 1 atom stereocenters. The van der Waals surface area contributed by atoms with E-state index in [9.17, 15) is 0 Å². The van der Waals surface area contributed by atoms with Gasteiger partial charge in [-0.1, -0.05) is 34.1 Å². The van der Waals surface area contributed by atoms with Crippen molar-refractivity contribution in [1.29, 1.82) is 0 Å². The van der Waals surface area contributed by atoms with Crippen LogP contribution in [0.15, 0.2) is 33.3 Å². The molecule has 0 radical (unpaired) electrons. The molecule has 2 aromatic rings. The minimum Gasteiger partial charge on any atom is -0.319 e. The van der Waals surface area contributed by atoms with Gasteiger partial charge in [0.1, 0.15) is 0 Å². The lowest BCUT2D eigenvalue weighted by molar-refractivity contribution is 0.599. The van der Waals surface area contributed by atoms with Crippen LogP contribution in [0, 0.1) is 6.92 Å². The highest BCUT2D eigenvalue weighted by molar-refractivity contribution is 9.10. The van der Waals surface area contributed by atoms with Crippen molar-refractivity contribution in [3.8, 4) is 0 Å². The monoisotopic (exact) mass is 371 g/mol. The highest BCUT2D eigenvalue weighted by Crippen LogP contribution is 2.32. The lowest BCUT2D eigenvalue weighted by atomic mass is 10.0. The summed E-state index contributed by atoms with van der Waals surface area (Å²) in [7, 11) is 0. The Morgan fingerprint density at radius 3 is 2.78 bits per heavy atom. The summed E-state index contributed by atoms with van der Waals surface area (Å²) in [5, 5.41) is 4.31. The van der Waals surface area contributed by atoms with Crippen molar-refractivity contribution >= 4 is 31.9 Å². The maximum atomic E-state index is 6.39. The third kappa shape index (κ3) is 2.39. The maximum absolute atomic E-state index is 6.39. The van der Waals surface area contributed by atoms with Crippen molar-refractivity contribution in [2.45, 2.75) is 26.4 Å². The molecule has 2 rings (SSSR count). The molecule has 0 saturated heterocycles. The quantitative estimate of drug-likeness (QED) is 0.890. The van der Waals surface area contributed by atoms with E-state index in [1.165, 1.54) is 5.56 Å². The Bertz CT molecular complexity index is 563. The van der Waals surface area contributed by atoms with Gasteiger partial charge in [0, 0.05) is 11.0 Å². The van der Waals surface area contributed by atoms with Crippen LogP contribution in [-0.2, 0) is 6.54 Å². The van der Waals surface area contributed by atoms with Crippen LogP contribution in [0.3, 0.4) is 0 Å². The van der Waals surface area contributed by atoms with Crippen LogP contribution in [-0.4, -0.2) is 9.78 Å². The van der Waals surface area contributed by atoms with Gasteiger partial charge in [-0.2, -0.15) is 5.10 Å². The van der Waals surface area contributed by atoms with Crippen LogP contribution in [0.4, 0.5) is 0 Å². The molecule has 1 aromatic carbocycles. The first-order valence-electron chi connectivity index (χ1n) is 5.78. The Morgan fingerprint density at radius 2 is 2.11 bits per heavy atom. The molecular formula is C13H15Br2N3. The summed E-state index contributed by atoms with van der Waals surface area (Å²) >= 11 is 7.13. The van der Waals surface area contributed by atoms with E-state index in [1.54, 1.807) is 6.20 Å². The minimum atomic E-state index is -0.198. The van der Waals surface area contributed by atoms with E-state index in [0.29, 0.717) is 0 Å². The fourth-order valence-electron chi connectivity index (χ4n) is 1.99. The predicted octanol–water partition coefficient (Wildman–Crippen LogP) is 3.78. The van der Waals surface area contributed by atoms with Gasteiger partial charge < -0.3 is 5.73 Å². The molecule has 1 heterocycles. The van der Waals surface area contributed by atoms with E-state index in [0.717, 1.165) is 26.7 Å². The SMILES string of the molecule is CCn1ncc(Br)c1C(N)c1cccc(C)c1Br. The average Bonchev–Trinajstić information content (AvgIpc) is 2.73. The van der Waals surface area contributed by atoms with E-state index >= 15 is 0 Å². The lowest BCUT2D eigenvalue weighted by Gasteiger charge is -2.17. The summed E-state index contributed by atoms with van der Waals surface area (Å²) in [5.74, 6) is 0. The van der Waals surface area contributed by atoms with Crippen LogP contribution < -0.4 is 5.73 Å². The van der Waals surface area contributed by atoms with E-state index in [2.05, 4.69) is 56.9 Å². The zero-order valence-corrected chi connectivity index (χ0v) is 13.5. The second-order valence-electron chi connectivity index (χ2n) is 4.15. The van der Waals surface area contributed by atoms with Crippen molar-refractivity contribution in [1.82, 2.24) is 9.78 Å². The summed E-state index contributed by atoms with van der Waals surface area (Å²) in [6.07, 6.45) is 1.79. The first kappa shape index (κ1) is 13.8. The van der Waals surface area contributed by atoms with Crippen molar-refractivity contribution in [2.24, 2.45) is 5.73 Å². The predicted molar refractivity (Wildman–Crippen MR) is 80.5 cm³/mol. The van der Waals surface area contributed by atoms with E-state index in [1.807, 2.05) is 16.8 Å². The fraction of sp³-hybridized carbons (Fsp3) is 0.308. The van der Waals surface area contributed by atoms with Crippen molar-refractivity contribution < 1.29 is 0 Å². The van der Waals surface area contributed by atoms with Crippen molar-refractivity contribution in [3.05, 3.63) is 50.2 Å². The Hall–Kier alpha value is -0.650. The molecule has 0 aliphatic carbocycles. The molecule has 0 saturated carbocycles. The van der Waals surface area contributed by atoms with Crippen molar-refractivity contribution in [3.63, 3.8) is 0 Å². The minimum absolute atomic E-state index is 0.198. The molecule has 0 aliphatic rings. The number of halogens is 2. The van der Waals surface area contributed by atoms with Crippen molar-refractivity contribution in [2.75, 3.05) is 0 Å². The molecule has 0 amide bonds. The van der Waals surface area contributed by atoms with Crippen LogP contribution >= 0.6 is 31.9 Å². The van der Waals surface area contributed by atoms with Gasteiger partial charge in [-0.3, -0.25) is 4.68 Å². The van der Waals surface area contributed by atoms with Crippen LogP contribution in [0.1, 0.15) is 29.8 Å². The van der Waals surface area contributed by atoms with Gasteiger partial charge >= 0.3 is 0 Å². The maximum Gasteiger partial charge on any atom is 0.0745 e. The largest absolute Gasteiger partial charge is 0.319 e. The number of nitrogens with two attached hydrogens (primary N) is 1. The molecular weight excluding hydrogens is 358 g/mol. The number of benzene rings is 1. The zero-order valence-electron chi connectivity index (χ0n) is 10.3. The van der Waals surface area contributed by atoms with Gasteiger partial charge in [-0.05, 0) is 40.9 Å². The Kier molecular flexibility index (Phi) is 4.25. The Balaban J connectivity index is 2.51. The molecule has 0 spiro atoms. The van der Waals surface area contributed by atoms with E-state index in [4.69, 9.17) is 5.73 Å². The first-order valence-corrected chi connectivity index (χ1v) is 7.36. The van der Waals surface area contributed by atoms with Crippen LogP contribution in [0.2, 0.25) is 0 Å². The van der Waals surface area contributed by atoms with Gasteiger partial charge in [-0.25, -0.2) is 0 Å². The summed E-state index contributed by atoms with van der Waals surface area (Å²) in [6.45, 7) is 4.92. The number of rotatable bonds is 3. The second kappa shape index (κ2) is 5.55. The summed E-state index contributed by atoms with van der Waals surface area (Å²) in [6, 6.07) is 5.93. The molecule has 0 fully saturated rings. The van der Waals surface area contributed by atoms with Gasteiger partial charge in [0.25, 0.3) is 0 Å². The standard InChI is InChI=1S/C13H15Br2N3/c1-3-18-13(10(14)7-17-18)12(16)9-6-4-5-8(2)11(9)15/h4-7,12H,3,16H2,1-2H3. The third-order valence-electron chi connectivity index (χ3n) is 2.98. The van der Waals surface area contributed by atoms with Crippen LogP contribution in [0.5, 0.6) is 0 Å². The normalized spacial score (nSPS) is 12.7. The number of nitrogens with zero attached hydrogens (tertiary/aromatic N) is 2. The van der Waals surface area contributed by atoms with Gasteiger partial charge in [-0.15, -0.1) is 0 Å². The smallest absolute Gasteiger partial charge is 0.0745 e. The first-order chi connectivity index (χ1) is 8.56. The molecule has 5 heteroatoms. The molecule has 96 valence electrons. The molecule has 18 heavy (non-hydrogen) atoms. The highest BCUT2D eigenvalue weighted by atomic mass is 79.9. The fourth-order valence-corrected chi connectivity index (χ4v) is 3.04. The summed E-state index contributed by atoms with van der Waals surface area (Å²) < 4.78 is 3.93. The number of aromatic nitrogens is 2. The molecule has 0 bridgehead atoms. The van der Waals surface area contributed by atoms with Crippen LogP contribution in [0.25, 0.3) is 0 Å². The van der Waals surface area contributed by atoms with Gasteiger partial charge in [0.2, 0.25) is 0 Å². The number of aryl methyl sites for hydroxylation is 2. The molecule has 3 nitrogen and oxygen atoms in total. The topological polar surface area (TPSA) is 43.8 Å². The zero-order chi connectivity index (χ0) is 13.3. The number of hydrogen-bond acceptors (Lipinski definition) is 2. The number of hydrogen-bond donors (Lipinski definition) is 1. The Morgan fingerprint density at radius 1 is 1.39 bits per heavy atom. The second-order valence-corrected chi connectivity index (χ2v) is 5.80.